The van der Waals surface area contributed by atoms with Gasteiger partial charge in [0.25, 0.3) is 0 Å². The van der Waals surface area contributed by atoms with Crippen LogP contribution < -0.4 is 5.32 Å². The monoisotopic (exact) mass is 239 g/mol. The zero-order valence-corrected chi connectivity index (χ0v) is 11.4. The van der Waals surface area contributed by atoms with Crippen LogP contribution in [0.1, 0.15) is 64.2 Å². The Kier molecular flexibility index (Phi) is 5.79. The fourth-order valence-corrected chi connectivity index (χ4v) is 3.49. The van der Waals surface area contributed by atoms with Crippen molar-refractivity contribution in [1.29, 1.82) is 0 Å². The van der Waals surface area contributed by atoms with Gasteiger partial charge in [-0.15, -0.1) is 0 Å². The second-order valence-corrected chi connectivity index (χ2v) is 5.94. The molecule has 0 aromatic heterocycles. The van der Waals surface area contributed by atoms with Crippen LogP contribution in [0.4, 0.5) is 0 Å². The minimum atomic E-state index is 0.598. The van der Waals surface area contributed by atoms with Gasteiger partial charge in [-0.1, -0.05) is 32.1 Å². The lowest BCUT2D eigenvalue weighted by Crippen LogP contribution is -2.26. The van der Waals surface area contributed by atoms with E-state index in [0.29, 0.717) is 6.10 Å². The van der Waals surface area contributed by atoms with Crippen molar-refractivity contribution >= 4 is 0 Å². The molecule has 17 heavy (non-hydrogen) atoms. The molecule has 1 heterocycles. The summed E-state index contributed by atoms with van der Waals surface area (Å²) in [7, 11) is 2.12. The molecule has 2 heteroatoms. The molecule has 2 rings (SSSR count). The maximum Gasteiger partial charge on any atom is 0.0576 e. The number of ether oxygens (including phenoxy) is 1. The van der Waals surface area contributed by atoms with E-state index in [1.165, 1.54) is 64.2 Å². The van der Waals surface area contributed by atoms with Gasteiger partial charge in [0, 0.05) is 12.6 Å². The van der Waals surface area contributed by atoms with E-state index in [1.54, 1.807) is 0 Å². The Balaban J connectivity index is 1.62. The van der Waals surface area contributed by atoms with Gasteiger partial charge in [-0.3, -0.25) is 0 Å². The van der Waals surface area contributed by atoms with E-state index in [0.717, 1.165) is 18.6 Å². The fraction of sp³-hybridized carbons (Fsp3) is 1.00. The maximum atomic E-state index is 5.70. The minimum Gasteiger partial charge on any atom is -0.378 e. The van der Waals surface area contributed by atoms with E-state index in [1.807, 2.05) is 0 Å². The SMILES string of the molecule is CNC1CCCCC(CCCC2CCCO2)C1. The number of rotatable bonds is 5. The molecule has 1 N–H and O–H groups in total. The van der Waals surface area contributed by atoms with Gasteiger partial charge >= 0.3 is 0 Å². The van der Waals surface area contributed by atoms with Crippen LogP contribution in [-0.2, 0) is 4.74 Å². The Morgan fingerprint density at radius 1 is 1.06 bits per heavy atom. The highest BCUT2D eigenvalue weighted by molar-refractivity contribution is 4.75. The molecule has 0 aromatic carbocycles. The molecule has 2 aliphatic rings. The van der Waals surface area contributed by atoms with Gasteiger partial charge in [-0.05, 0) is 45.1 Å². The summed E-state index contributed by atoms with van der Waals surface area (Å²) in [4.78, 5) is 0. The third-order valence-electron chi connectivity index (χ3n) is 4.60. The van der Waals surface area contributed by atoms with Crippen LogP contribution in [-0.4, -0.2) is 25.8 Å². The van der Waals surface area contributed by atoms with Crippen molar-refractivity contribution in [3.8, 4) is 0 Å². The lowest BCUT2D eigenvalue weighted by molar-refractivity contribution is 0.100. The molecule has 1 saturated heterocycles. The Hall–Kier alpha value is -0.0800. The molecular weight excluding hydrogens is 210 g/mol. The van der Waals surface area contributed by atoms with Crippen LogP contribution >= 0.6 is 0 Å². The normalized spacial score (nSPS) is 34.8. The highest BCUT2D eigenvalue weighted by Crippen LogP contribution is 2.28. The van der Waals surface area contributed by atoms with E-state index in [4.69, 9.17) is 4.74 Å². The van der Waals surface area contributed by atoms with Crippen molar-refractivity contribution in [3.05, 3.63) is 0 Å². The summed E-state index contributed by atoms with van der Waals surface area (Å²) in [5.41, 5.74) is 0. The third-order valence-corrected chi connectivity index (χ3v) is 4.60. The van der Waals surface area contributed by atoms with Gasteiger partial charge in [-0.25, -0.2) is 0 Å². The molecule has 0 aromatic rings. The van der Waals surface area contributed by atoms with Gasteiger partial charge < -0.3 is 10.1 Å². The summed E-state index contributed by atoms with van der Waals surface area (Å²) < 4.78 is 5.70. The predicted molar refractivity (Wildman–Crippen MR) is 72.2 cm³/mol. The van der Waals surface area contributed by atoms with E-state index < -0.39 is 0 Å². The Bertz CT molecular complexity index is 201. The van der Waals surface area contributed by atoms with Crippen molar-refractivity contribution in [2.75, 3.05) is 13.7 Å². The smallest absolute Gasteiger partial charge is 0.0576 e. The summed E-state index contributed by atoms with van der Waals surface area (Å²) in [5.74, 6) is 0.969. The van der Waals surface area contributed by atoms with Crippen molar-refractivity contribution in [1.82, 2.24) is 5.32 Å². The minimum absolute atomic E-state index is 0.598. The largest absolute Gasteiger partial charge is 0.378 e. The van der Waals surface area contributed by atoms with Gasteiger partial charge in [0.05, 0.1) is 6.10 Å². The zero-order valence-electron chi connectivity index (χ0n) is 11.4. The molecule has 2 nitrogen and oxygen atoms in total. The summed E-state index contributed by atoms with van der Waals surface area (Å²) in [6.45, 7) is 1.01. The predicted octanol–water partition coefficient (Wildman–Crippen LogP) is 3.50. The molecule has 1 aliphatic carbocycles. The molecule has 2 fully saturated rings. The third kappa shape index (κ3) is 4.59. The first-order valence-electron chi connectivity index (χ1n) is 7.67. The molecule has 0 spiro atoms. The molecule has 0 bridgehead atoms. The lowest BCUT2D eigenvalue weighted by Gasteiger charge is -2.20. The van der Waals surface area contributed by atoms with E-state index in [2.05, 4.69) is 12.4 Å². The van der Waals surface area contributed by atoms with Crippen LogP contribution in [0.2, 0.25) is 0 Å². The fourth-order valence-electron chi connectivity index (χ4n) is 3.49. The average Bonchev–Trinajstić information content (AvgIpc) is 2.74. The van der Waals surface area contributed by atoms with Crippen LogP contribution in [0.25, 0.3) is 0 Å². The van der Waals surface area contributed by atoms with Crippen LogP contribution in [0, 0.1) is 5.92 Å². The van der Waals surface area contributed by atoms with E-state index >= 15 is 0 Å². The van der Waals surface area contributed by atoms with Crippen molar-refractivity contribution in [3.63, 3.8) is 0 Å². The number of hydrogen-bond donors (Lipinski definition) is 1. The van der Waals surface area contributed by atoms with Gasteiger partial charge in [0.15, 0.2) is 0 Å². The Morgan fingerprint density at radius 2 is 1.94 bits per heavy atom. The highest BCUT2D eigenvalue weighted by atomic mass is 16.5. The standard InChI is InChI=1S/C15H29NO/c1-16-14-8-3-2-6-13(12-14)7-4-9-15-10-5-11-17-15/h13-16H,2-12H2,1H3. The van der Waals surface area contributed by atoms with Gasteiger partial charge in [0.2, 0.25) is 0 Å². The first-order valence-corrected chi connectivity index (χ1v) is 7.67. The van der Waals surface area contributed by atoms with Crippen LogP contribution in [0.15, 0.2) is 0 Å². The molecular formula is C15H29NO. The Morgan fingerprint density at radius 3 is 2.71 bits per heavy atom. The van der Waals surface area contributed by atoms with E-state index in [-0.39, 0.29) is 0 Å². The Labute approximate surface area is 107 Å². The number of hydrogen-bond acceptors (Lipinski definition) is 2. The first-order chi connectivity index (χ1) is 8.38. The van der Waals surface area contributed by atoms with Gasteiger partial charge in [-0.2, -0.15) is 0 Å². The van der Waals surface area contributed by atoms with E-state index in [9.17, 15) is 0 Å². The molecule has 1 saturated carbocycles. The van der Waals surface area contributed by atoms with Gasteiger partial charge in [0.1, 0.15) is 0 Å². The van der Waals surface area contributed by atoms with Crippen molar-refractivity contribution < 1.29 is 4.74 Å². The second-order valence-electron chi connectivity index (χ2n) is 5.94. The quantitative estimate of drug-likeness (QED) is 0.741. The molecule has 3 unspecified atom stereocenters. The zero-order chi connectivity index (χ0) is 11.9. The molecule has 3 atom stereocenters. The lowest BCUT2D eigenvalue weighted by atomic mass is 9.92. The molecule has 0 radical (unpaired) electrons. The summed E-state index contributed by atoms with van der Waals surface area (Å²) in [5, 5.41) is 3.48. The first kappa shape index (κ1) is 13.4. The topological polar surface area (TPSA) is 21.3 Å². The maximum absolute atomic E-state index is 5.70. The summed E-state index contributed by atoms with van der Waals surface area (Å²) in [6.07, 6.45) is 14.4. The molecule has 0 amide bonds. The average molecular weight is 239 g/mol. The molecule has 100 valence electrons. The highest BCUT2D eigenvalue weighted by Gasteiger charge is 2.20. The van der Waals surface area contributed by atoms with Crippen molar-refractivity contribution in [2.24, 2.45) is 5.92 Å². The summed E-state index contributed by atoms with van der Waals surface area (Å²) in [6, 6.07) is 0.783. The molecule has 1 aliphatic heterocycles. The van der Waals surface area contributed by atoms with Crippen molar-refractivity contribution in [2.45, 2.75) is 76.4 Å². The number of nitrogens with one attached hydrogen (secondary N) is 1. The van der Waals surface area contributed by atoms with Crippen LogP contribution in [0.3, 0.4) is 0 Å². The second kappa shape index (κ2) is 7.38. The van der Waals surface area contributed by atoms with Crippen LogP contribution in [0.5, 0.6) is 0 Å². The summed E-state index contributed by atoms with van der Waals surface area (Å²) >= 11 is 0.